The minimum absolute atomic E-state index is 0.554. The molecule has 0 aliphatic carbocycles. The Labute approximate surface area is 105 Å². The zero-order valence-corrected chi connectivity index (χ0v) is 10.8. The molecule has 0 unspecified atom stereocenters. The van der Waals surface area contributed by atoms with Crippen LogP contribution in [-0.4, -0.2) is 9.97 Å². The maximum Gasteiger partial charge on any atom is 0.158 e. The SMILES string of the molecule is Cc1occc1Sc1ncnc(NN)c1Br. The fourth-order valence-corrected chi connectivity index (χ4v) is 2.48. The topological polar surface area (TPSA) is 77.0 Å². The van der Waals surface area contributed by atoms with E-state index in [1.165, 1.54) is 18.1 Å². The lowest BCUT2D eigenvalue weighted by molar-refractivity contribution is 0.527. The van der Waals surface area contributed by atoms with E-state index in [1.807, 2.05) is 13.0 Å². The number of nitrogen functional groups attached to an aromatic ring is 1. The molecule has 0 saturated heterocycles. The molecule has 0 aliphatic rings. The van der Waals surface area contributed by atoms with Crippen LogP contribution in [0.5, 0.6) is 0 Å². The van der Waals surface area contributed by atoms with E-state index >= 15 is 0 Å². The Bertz CT molecular complexity index is 502. The molecular weight excluding hydrogens is 292 g/mol. The van der Waals surface area contributed by atoms with Gasteiger partial charge in [0.15, 0.2) is 5.82 Å². The van der Waals surface area contributed by atoms with Crippen LogP contribution in [0.1, 0.15) is 5.76 Å². The van der Waals surface area contributed by atoms with Crippen LogP contribution >= 0.6 is 27.7 Å². The maximum absolute atomic E-state index is 5.32. The number of anilines is 1. The van der Waals surface area contributed by atoms with Crippen LogP contribution in [-0.2, 0) is 0 Å². The molecule has 0 spiro atoms. The molecule has 2 aromatic heterocycles. The first kappa shape index (κ1) is 11.4. The van der Waals surface area contributed by atoms with E-state index in [9.17, 15) is 0 Å². The third-order valence-electron chi connectivity index (χ3n) is 1.91. The van der Waals surface area contributed by atoms with Gasteiger partial charge in [0.1, 0.15) is 17.1 Å². The van der Waals surface area contributed by atoms with Crippen LogP contribution in [0.3, 0.4) is 0 Å². The number of furan rings is 1. The molecule has 0 amide bonds. The summed E-state index contributed by atoms with van der Waals surface area (Å²) in [5.41, 5.74) is 2.50. The maximum atomic E-state index is 5.32. The molecule has 7 heteroatoms. The van der Waals surface area contributed by atoms with Crippen molar-refractivity contribution < 1.29 is 4.42 Å². The Kier molecular flexibility index (Phi) is 3.47. The molecule has 0 fully saturated rings. The summed E-state index contributed by atoms with van der Waals surface area (Å²) in [5.74, 6) is 6.74. The second-order valence-corrected chi connectivity index (χ2v) is 4.75. The standard InChI is InChI=1S/C9H9BrN4OS/c1-5-6(2-3-15-5)16-9-7(10)8(14-11)12-4-13-9/h2-4H,11H2,1H3,(H,12,13,14). The molecule has 0 bridgehead atoms. The van der Waals surface area contributed by atoms with Gasteiger partial charge in [-0.15, -0.1) is 0 Å². The van der Waals surface area contributed by atoms with Crippen molar-refractivity contribution in [3.05, 3.63) is 28.9 Å². The summed E-state index contributed by atoms with van der Waals surface area (Å²) in [4.78, 5) is 9.16. The normalized spacial score (nSPS) is 10.4. The summed E-state index contributed by atoms with van der Waals surface area (Å²) in [7, 11) is 0. The van der Waals surface area contributed by atoms with Crippen molar-refractivity contribution in [2.45, 2.75) is 16.8 Å². The average Bonchev–Trinajstić information content (AvgIpc) is 2.68. The highest BCUT2D eigenvalue weighted by atomic mass is 79.9. The molecule has 0 aliphatic heterocycles. The monoisotopic (exact) mass is 300 g/mol. The lowest BCUT2D eigenvalue weighted by Crippen LogP contribution is -2.09. The second kappa shape index (κ2) is 4.86. The van der Waals surface area contributed by atoms with E-state index in [1.54, 1.807) is 6.26 Å². The first-order chi connectivity index (χ1) is 7.72. The number of rotatable bonds is 3. The number of aromatic nitrogens is 2. The molecule has 84 valence electrons. The van der Waals surface area contributed by atoms with Crippen LogP contribution in [0, 0.1) is 6.92 Å². The fraction of sp³-hybridized carbons (Fsp3) is 0.111. The van der Waals surface area contributed by atoms with E-state index in [4.69, 9.17) is 10.3 Å². The molecule has 5 nitrogen and oxygen atoms in total. The molecule has 16 heavy (non-hydrogen) atoms. The summed E-state index contributed by atoms with van der Waals surface area (Å²) in [5, 5.41) is 0.785. The molecule has 2 rings (SSSR count). The van der Waals surface area contributed by atoms with Gasteiger partial charge in [-0.05, 0) is 28.9 Å². The number of nitrogens with zero attached hydrogens (tertiary/aromatic N) is 2. The Morgan fingerprint density at radius 3 is 2.94 bits per heavy atom. The number of nitrogens with two attached hydrogens (primary N) is 1. The number of hydrogen-bond donors (Lipinski definition) is 2. The number of hydrogen-bond acceptors (Lipinski definition) is 6. The van der Waals surface area contributed by atoms with E-state index in [0.717, 1.165) is 20.2 Å². The molecule has 0 saturated carbocycles. The average molecular weight is 301 g/mol. The van der Waals surface area contributed by atoms with Crippen molar-refractivity contribution in [1.82, 2.24) is 9.97 Å². The second-order valence-electron chi connectivity index (χ2n) is 2.93. The van der Waals surface area contributed by atoms with E-state index < -0.39 is 0 Å². The molecule has 0 atom stereocenters. The van der Waals surface area contributed by atoms with Crippen molar-refractivity contribution in [2.75, 3.05) is 5.43 Å². The van der Waals surface area contributed by atoms with Gasteiger partial charge in [-0.1, -0.05) is 11.8 Å². The summed E-state index contributed by atoms with van der Waals surface area (Å²) in [6.07, 6.45) is 3.10. The van der Waals surface area contributed by atoms with Gasteiger partial charge in [0.25, 0.3) is 0 Å². The van der Waals surface area contributed by atoms with E-state index in [-0.39, 0.29) is 0 Å². The van der Waals surface area contributed by atoms with Crippen molar-refractivity contribution in [3.8, 4) is 0 Å². The Morgan fingerprint density at radius 2 is 2.31 bits per heavy atom. The molecule has 2 heterocycles. The zero-order chi connectivity index (χ0) is 11.5. The minimum atomic E-state index is 0.554. The predicted molar refractivity (Wildman–Crippen MR) is 65.1 cm³/mol. The molecule has 2 aromatic rings. The number of hydrazine groups is 1. The van der Waals surface area contributed by atoms with Crippen LogP contribution in [0.2, 0.25) is 0 Å². The highest BCUT2D eigenvalue weighted by Gasteiger charge is 2.11. The van der Waals surface area contributed by atoms with Gasteiger partial charge in [0, 0.05) is 0 Å². The summed E-state index contributed by atoms with van der Waals surface area (Å²) in [6.45, 7) is 1.90. The number of aryl methyl sites for hydroxylation is 1. The molecule has 0 aromatic carbocycles. The van der Waals surface area contributed by atoms with Crippen LogP contribution in [0.25, 0.3) is 0 Å². The van der Waals surface area contributed by atoms with Gasteiger partial charge in [0.2, 0.25) is 0 Å². The lowest BCUT2D eigenvalue weighted by Gasteiger charge is -2.05. The molecule has 0 radical (unpaired) electrons. The summed E-state index contributed by atoms with van der Waals surface area (Å²) < 4.78 is 5.95. The van der Waals surface area contributed by atoms with Crippen LogP contribution in [0.15, 0.2) is 37.5 Å². The van der Waals surface area contributed by atoms with Crippen LogP contribution < -0.4 is 11.3 Å². The van der Waals surface area contributed by atoms with Crippen molar-refractivity contribution in [3.63, 3.8) is 0 Å². The quantitative estimate of drug-likeness (QED) is 0.515. The van der Waals surface area contributed by atoms with E-state index in [2.05, 4.69) is 31.3 Å². The highest BCUT2D eigenvalue weighted by Crippen LogP contribution is 2.36. The smallest absolute Gasteiger partial charge is 0.158 e. The van der Waals surface area contributed by atoms with Crippen molar-refractivity contribution in [2.24, 2.45) is 5.84 Å². The van der Waals surface area contributed by atoms with Gasteiger partial charge >= 0.3 is 0 Å². The Hall–Kier alpha value is -1.05. The molecular formula is C9H9BrN4OS. The summed E-state index contributed by atoms with van der Waals surface area (Å²) >= 11 is 4.88. The Morgan fingerprint density at radius 1 is 1.50 bits per heavy atom. The Balaban J connectivity index is 2.32. The van der Waals surface area contributed by atoms with Crippen molar-refractivity contribution >= 4 is 33.5 Å². The third kappa shape index (κ3) is 2.21. The van der Waals surface area contributed by atoms with Gasteiger partial charge in [-0.25, -0.2) is 15.8 Å². The molecule has 3 N–H and O–H groups in total. The number of nitrogens with one attached hydrogen (secondary N) is 1. The van der Waals surface area contributed by atoms with E-state index in [0.29, 0.717) is 5.82 Å². The first-order valence-corrected chi connectivity index (χ1v) is 6.02. The predicted octanol–water partition coefficient (Wildman–Crippen LogP) is 2.58. The van der Waals surface area contributed by atoms with Gasteiger partial charge in [-0.3, -0.25) is 0 Å². The van der Waals surface area contributed by atoms with Crippen LogP contribution in [0.4, 0.5) is 5.82 Å². The van der Waals surface area contributed by atoms with Crippen molar-refractivity contribution in [1.29, 1.82) is 0 Å². The van der Waals surface area contributed by atoms with Gasteiger partial charge in [-0.2, -0.15) is 0 Å². The third-order valence-corrected chi connectivity index (χ3v) is 4.07. The zero-order valence-electron chi connectivity index (χ0n) is 8.40. The first-order valence-electron chi connectivity index (χ1n) is 4.41. The summed E-state index contributed by atoms with van der Waals surface area (Å²) in [6, 6.07) is 1.89. The lowest BCUT2D eigenvalue weighted by atomic mass is 10.5. The fourth-order valence-electron chi connectivity index (χ4n) is 1.11. The van der Waals surface area contributed by atoms with Gasteiger partial charge in [0.05, 0.1) is 15.6 Å². The number of halogens is 1. The minimum Gasteiger partial charge on any atom is -0.468 e. The van der Waals surface area contributed by atoms with Gasteiger partial charge < -0.3 is 9.84 Å². The highest BCUT2D eigenvalue weighted by molar-refractivity contribution is 9.10. The largest absolute Gasteiger partial charge is 0.468 e.